The summed E-state index contributed by atoms with van der Waals surface area (Å²) in [6.07, 6.45) is 4.29. The average Bonchev–Trinajstić information content (AvgIpc) is 2.04. The summed E-state index contributed by atoms with van der Waals surface area (Å²) in [6, 6.07) is 0.445. The zero-order valence-electron chi connectivity index (χ0n) is 8.13. The number of ketones is 1. The van der Waals surface area contributed by atoms with E-state index in [0.29, 0.717) is 6.04 Å². The summed E-state index contributed by atoms with van der Waals surface area (Å²) < 4.78 is 0. The molecule has 0 bridgehead atoms. The van der Waals surface area contributed by atoms with E-state index >= 15 is 0 Å². The third-order valence-electron chi connectivity index (χ3n) is 2.23. The van der Waals surface area contributed by atoms with Crippen molar-refractivity contribution < 1.29 is 4.79 Å². The highest BCUT2D eigenvalue weighted by Crippen LogP contribution is 2.17. The summed E-state index contributed by atoms with van der Waals surface area (Å²) >= 11 is 0. The van der Waals surface area contributed by atoms with E-state index < -0.39 is 0 Å². The van der Waals surface area contributed by atoms with Crippen molar-refractivity contribution in [3.8, 4) is 0 Å². The first-order valence-corrected chi connectivity index (χ1v) is 4.60. The molecule has 1 rings (SSSR count). The zero-order valence-corrected chi connectivity index (χ0v) is 8.13. The van der Waals surface area contributed by atoms with Crippen molar-refractivity contribution in [1.82, 2.24) is 4.90 Å². The van der Waals surface area contributed by atoms with Crippen molar-refractivity contribution in [3.63, 3.8) is 0 Å². The van der Waals surface area contributed by atoms with Crippen molar-refractivity contribution >= 4 is 5.78 Å². The lowest BCUT2D eigenvalue weighted by Crippen LogP contribution is -2.35. The van der Waals surface area contributed by atoms with Crippen LogP contribution in [0.25, 0.3) is 0 Å². The monoisotopic (exact) mass is 167 g/mol. The molecule has 0 aromatic heterocycles. The van der Waals surface area contributed by atoms with Crippen LogP contribution in [0, 0.1) is 0 Å². The second-order valence-electron chi connectivity index (χ2n) is 3.57. The van der Waals surface area contributed by atoms with Gasteiger partial charge >= 0.3 is 0 Å². The smallest absolute Gasteiger partial charge is 0.175 e. The molecule has 0 aromatic carbocycles. The minimum absolute atomic E-state index is 0.198. The summed E-state index contributed by atoms with van der Waals surface area (Å²) in [5, 5.41) is 0. The number of nitrogens with zero attached hydrogens (tertiary/aromatic N) is 1. The number of hydrogen-bond donors (Lipinski definition) is 0. The average molecular weight is 167 g/mol. The fraction of sp³-hybridized carbons (Fsp3) is 0.700. The molecule has 1 aliphatic heterocycles. The molecule has 0 spiro atoms. The van der Waals surface area contributed by atoms with Crippen molar-refractivity contribution in [3.05, 3.63) is 11.8 Å². The van der Waals surface area contributed by atoms with Crippen LogP contribution in [0.15, 0.2) is 11.8 Å². The molecule has 0 atom stereocenters. The molecule has 0 amide bonds. The Bertz CT molecular complexity index is 206. The van der Waals surface area contributed by atoms with Crippen molar-refractivity contribution in [1.29, 1.82) is 0 Å². The van der Waals surface area contributed by atoms with Crippen molar-refractivity contribution in [2.24, 2.45) is 0 Å². The van der Waals surface area contributed by atoms with Gasteiger partial charge in [-0.05, 0) is 26.7 Å². The molecule has 0 radical (unpaired) electrons. The molecule has 68 valence electrons. The third kappa shape index (κ3) is 1.87. The highest BCUT2D eigenvalue weighted by molar-refractivity contribution is 5.92. The van der Waals surface area contributed by atoms with Crippen LogP contribution >= 0.6 is 0 Å². The molecule has 0 unspecified atom stereocenters. The van der Waals surface area contributed by atoms with Gasteiger partial charge in [-0.25, -0.2) is 0 Å². The second kappa shape index (κ2) is 3.74. The number of rotatable bonds is 2. The number of allylic oxidation sites excluding steroid dienone is 2. The summed E-state index contributed by atoms with van der Waals surface area (Å²) in [5.74, 6) is 0.198. The molecule has 2 heteroatoms. The maximum atomic E-state index is 11.2. The fourth-order valence-corrected chi connectivity index (χ4v) is 1.62. The van der Waals surface area contributed by atoms with E-state index in [1.54, 1.807) is 6.92 Å². The van der Waals surface area contributed by atoms with E-state index in [4.69, 9.17) is 0 Å². The van der Waals surface area contributed by atoms with E-state index in [0.717, 1.165) is 18.7 Å². The van der Waals surface area contributed by atoms with Gasteiger partial charge < -0.3 is 4.90 Å². The van der Waals surface area contributed by atoms with Gasteiger partial charge in [0.15, 0.2) is 5.78 Å². The summed E-state index contributed by atoms with van der Waals surface area (Å²) in [7, 11) is 0. The second-order valence-corrected chi connectivity index (χ2v) is 3.57. The Labute approximate surface area is 74.2 Å². The highest BCUT2D eigenvalue weighted by atomic mass is 16.1. The van der Waals surface area contributed by atoms with E-state index in [1.165, 1.54) is 6.42 Å². The first-order valence-electron chi connectivity index (χ1n) is 4.60. The van der Waals surface area contributed by atoms with Gasteiger partial charge in [-0.3, -0.25) is 4.79 Å². The van der Waals surface area contributed by atoms with Crippen LogP contribution in [0.1, 0.15) is 33.6 Å². The quantitative estimate of drug-likeness (QED) is 0.626. The van der Waals surface area contributed by atoms with Gasteiger partial charge in [-0.1, -0.05) is 6.08 Å². The first-order chi connectivity index (χ1) is 5.63. The molecule has 2 nitrogen and oxygen atoms in total. The van der Waals surface area contributed by atoms with Gasteiger partial charge in [-0.15, -0.1) is 0 Å². The normalized spacial score (nSPS) is 18.0. The summed E-state index contributed by atoms with van der Waals surface area (Å²) in [4.78, 5) is 13.4. The van der Waals surface area contributed by atoms with Crippen LogP contribution in [0.4, 0.5) is 0 Å². The molecule has 0 aliphatic carbocycles. The standard InChI is InChI=1S/C10H17NO/c1-8(2)11-7-5-4-6-10(11)9(3)12/h6,8H,4-5,7H2,1-3H3. The molecule has 12 heavy (non-hydrogen) atoms. The van der Waals surface area contributed by atoms with E-state index in [9.17, 15) is 4.79 Å². The number of Topliss-reactive ketones (excluding diaryl/α,β-unsaturated/α-hetero) is 1. The largest absolute Gasteiger partial charge is 0.366 e. The third-order valence-corrected chi connectivity index (χ3v) is 2.23. The summed E-state index contributed by atoms with van der Waals surface area (Å²) in [5.41, 5.74) is 0.913. The van der Waals surface area contributed by atoms with Crippen LogP contribution in [0.2, 0.25) is 0 Å². The first kappa shape index (κ1) is 9.30. The van der Waals surface area contributed by atoms with Gasteiger partial charge in [0.25, 0.3) is 0 Å². The van der Waals surface area contributed by atoms with Crippen LogP contribution in [-0.2, 0) is 4.79 Å². The SMILES string of the molecule is CC(=O)C1=CCCCN1C(C)C. The fourth-order valence-electron chi connectivity index (χ4n) is 1.62. The molecule has 0 aromatic rings. The maximum Gasteiger partial charge on any atom is 0.175 e. The van der Waals surface area contributed by atoms with E-state index in [2.05, 4.69) is 24.8 Å². The van der Waals surface area contributed by atoms with Crippen LogP contribution in [-0.4, -0.2) is 23.3 Å². The lowest BCUT2D eigenvalue weighted by Gasteiger charge is -2.32. The van der Waals surface area contributed by atoms with Gasteiger partial charge in [0, 0.05) is 19.5 Å². The summed E-state index contributed by atoms with van der Waals surface area (Å²) in [6.45, 7) is 6.93. The Kier molecular flexibility index (Phi) is 2.90. The lowest BCUT2D eigenvalue weighted by molar-refractivity contribution is -0.115. The molecule has 1 aliphatic rings. The molecule has 1 heterocycles. The molecule has 0 saturated heterocycles. The van der Waals surface area contributed by atoms with Crippen LogP contribution in [0.3, 0.4) is 0 Å². The Morgan fingerprint density at radius 2 is 2.25 bits per heavy atom. The Morgan fingerprint density at radius 1 is 1.58 bits per heavy atom. The van der Waals surface area contributed by atoms with Gasteiger partial charge in [0.05, 0.1) is 5.70 Å². The number of hydrogen-bond acceptors (Lipinski definition) is 2. The minimum atomic E-state index is 0.198. The number of carbonyl (C=O) groups excluding carboxylic acids is 1. The predicted molar refractivity (Wildman–Crippen MR) is 49.8 cm³/mol. The van der Waals surface area contributed by atoms with Crippen molar-refractivity contribution in [2.45, 2.75) is 39.7 Å². The van der Waals surface area contributed by atoms with Gasteiger partial charge in [-0.2, -0.15) is 0 Å². The molecular formula is C10H17NO. The van der Waals surface area contributed by atoms with Gasteiger partial charge in [0.2, 0.25) is 0 Å². The van der Waals surface area contributed by atoms with Crippen LogP contribution < -0.4 is 0 Å². The van der Waals surface area contributed by atoms with Gasteiger partial charge in [0.1, 0.15) is 0 Å². The number of carbonyl (C=O) groups is 1. The predicted octanol–water partition coefficient (Wildman–Crippen LogP) is 1.96. The van der Waals surface area contributed by atoms with E-state index in [1.807, 2.05) is 0 Å². The highest BCUT2D eigenvalue weighted by Gasteiger charge is 2.18. The topological polar surface area (TPSA) is 20.3 Å². The maximum absolute atomic E-state index is 11.2. The lowest BCUT2D eigenvalue weighted by atomic mass is 10.1. The molecule has 0 N–H and O–H groups in total. The van der Waals surface area contributed by atoms with Crippen LogP contribution in [0.5, 0.6) is 0 Å². The minimum Gasteiger partial charge on any atom is -0.366 e. The Balaban J connectivity index is 2.78. The van der Waals surface area contributed by atoms with E-state index in [-0.39, 0.29) is 5.78 Å². The molecule has 0 saturated carbocycles. The molecular weight excluding hydrogens is 150 g/mol. The van der Waals surface area contributed by atoms with Crippen molar-refractivity contribution in [2.75, 3.05) is 6.54 Å². The Hall–Kier alpha value is -0.790. The zero-order chi connectivity index (χ0) is 9.14. The Morgan fingerprint density at radius 3 is 2.67 bits per heavy atom. The molecule has 0 fully saturated rings.